The van der Waals surface area contributed by atoms with Crippen LogP contribution < -0.4 is 5.32 Å². The summed E-state index contributed by atoms with van der Waals surface area (Å²) in [6, 6.07) is 7.80. The molecule has 27 heavy (non-hydrogen) atoms. The number of sulfone groups is 1. The van der Waals surface area contributed by atoms with Gasteiger partial charge in [-0.1, -0.05) is 30.3 Å². The minimum Gasteiger partial charge on any atom is -0.337 e. The van der Waals surface area contributed by atoms with Crippen LogP contribution in [0.2, 0.25) is 0 Å². The van der Waals surface area contributed by atoms with E-state index in [0.29, 0.717) is 18.5 Å². The number of nitrogens with one attached hydrogen (secondary N) is 1. The van der Waals surface area contributed by atoms with Crippen LogP contribution in [0, 0.1) is 0 Å². The van der Waals surface area contributed by atoms with Crippen LogP contribution in [-0.4, -0.2) is 66.7 Å². The van der Waals surface area contributed by atoms with E-state index in [0.717, 1.165) is 4.90 Å². The van der Waals surface area contributed by atoms with Gasteiger partial charge in [0.05, 0.1) is 11.5 Å². The van der Waals surface area contributed by atoms with Gasteiger partial charge >= 0.3 is 6.03 Å². The first-order chi connectivity index (χ1) is 12.7. The summed E-state index contributed by atoms with van der Waals surface area (Å²) < 4.78 is 23.4. The molecule has 2 heterocycles. The maximum absolute atomic E-state index is 12.9. The molecule has 1 aromatic carbocycles. The molecule has 2 saturated heterocycles. The Bertz CT molecular complexity index is 870. The van der Waals surface area contributed by atoms with Crippen molar-refractivity contribution in [3.8, 4) is 0 Å². The smallest absolute Gasteiger partial charge is 0.325 e. The molecule has 8 nitrogen and oxygen atoms in total. The topological polar surface area (TPSA) is 104 Å². The fourth-order valence-corrected chi connectivity index (χ4v) is 5.42. The lowest BCUT2D eigenvalue weighted by Crippen LogP contribution is -2.48. The van der Waals surface area contributed by atoms with Gasteiger partial charge in [0.1, 0.15) is 12.1 Å². The number of rotatable bonds is 5. The molecule has 1 aromatic rings. The monoisotopic (exact) mass is 393 g/mol. The van der Waals surface area contributed by atoms with Gasteiger partial charge in [-0.15, -0.1) is 0 Å². The summed E-state index contributed by atoms with van der Waals surface area (Å²) in [5, 5.41) is 2.66. The number of carbonyl (C=O) groups excluding carboxylic acids is 3. The lowest BCUT2D eigenvalue weighted by Gasteiger charge is -2.28. The van der Waals surface area contributed by atoms with Crippen LogP contribution in [0.15, 0.2) is 30.3 Å². The minimum absolute atomic E-state index is 0.0522. The Balaban J connectivity index is 1.76. The lowest BCUT2D eigenvalue weighted by molar-refractivity contribution is -0.139. The minimum atomic E-state index is -3.14. The summed E-state index contributed by atoms with van der Waals surface area (Å²) in [4.78, 5) is 40.3. The van der Waals surface area contributed by atoms with E-state index in [4.69, 9.17) is 0 Å². The molecule has 0 radical (unpaired) electrons. The molecule has 0 aromatic heterocycles. The normalized spacial score (nSPS) is 26.9. The van der Waals surface area contributed by atoms with Gasteiger partial charge in [0.25, 0.3) is 5.91 Å². The molecule has 2 atom stereocenters. The largest absolute Gasteiger partial charge is 0.337 e. The third-order valence-corrected chi connectivity index (χ3v) is 6.98. The van der Waals surface area contributed by atoms with Gasteiger partial charge in [0.15, 0.2) is 9.84 Å². The molecular weight excluding hydrogens is 370 g/mol. The summed E-state index contributed by atoms with van der Waals surface area (Å²) in [5.41, 5.74) is -0.598. The van der Waals surface area contributed by atoms with Crippen molar-refractivity contribution in [2.45, 2.75) is 31.8 Å². The second-order valence-electron chi connectivity index (χ2n) is 7.05. The Labute approximate surface area is 158 Å². The Morgan fingerprint density at radius 3 is 2.52 bits per heavy atom. The molecule has 2 aliphatic heterocycles. The highest BCUT2D eigenvalue weighted by Gasteiger charge is 2.50. The van der Waals surface area contributed by atoms with Gasteiger partial charge in [0, 0.05) is 12.6 Å². The zero-order chi connectivity index (χ0) is 19.8. The number of imide groups is 1. The van der Waals surface area contributed by atoms with E-state index in [9.17, 15) is 22.8 Å². The molecule has 0 bridgehead atoms. The summed E-state index contributed by atoms with van der Waals surface area (Å²) in [7, 11) is -3.14. The van der Waals surface area contributed by atoms with Crippen molar-refractivity contribution in [1.29, 1.82) is 0 Å². The third kappa shape index (κ3) is 3.55. The van der Waals surface area contributed by atoms with E-state index < -0.39 is 45.8 Å². The first-order valence-electron chi connectivity index (χ1n) is 8.87. The van der Waals surface area contributed by atoms with Crippen molar-refractivity contribution in [1.82, 2.24) is 15.1 Å². The second-order valence-corrected chi connectivity index (χ2v) is 9.28. The van der Waals surface area contributed by atoms with Gasteiger partial charge in [-0.25, -0.2) is 13.2 Å². The zero-order valence-corrected chi connectivity index (χ0v) is 16.2. The van der Waals surface area contributed by atoms with Crippen molar-refractivity contribution in [3.05, 3.63) is 35.9 Å². The highest BCUT2D eigenvalue weighted by molar-refractivity contribution is 7.91. The number of nitrogens with zero attached hydrogens (tertiary/aromatic N) is 2. The van der Waals surface area contributed by atoms with Crippen LogP contribution in [0.25, 0.3) is 0 Å². The van der Waals surface area contributed by atoms with Crippen LogP contribution in [0.1, 0.15) is 25.8 Å². The fourth-order valence-electron chi connectivity index (χ4n) is 3.69. The zero-order valence-electron chi connectivity index (χ0n) is 15.3. The van der Waals surface area contributed by atoms with E-state index in [1.807, 2.05) is 6.07 Å². The van der Waals surface area contributed by atoms with Crippen LogP contribution >= 0.6 is 0 Å². The Hall–Kier alpha value is -2.42. The molecule has 0 unspecified atom stereocenters. The van der Waals surface area contributed by atoms with Gasteiger partial charge in [-0.2, -0.15) is 0 Å². The number of hydrogen-bond donors (Lipinski definition) is 1. The molecule has 4 amide bonds. The van der Waals surface area contributed by atoms with E-state index in [1.54, 1.807) is 38.1 Å². The van der Waals surface area contributed by atoms with Crippen LogP contribution in [0.4, 0.5) is 4.79 Å². The Morgan fingerprint density at radius 1 is 1.30 bits per heavy atom. The maximum Gasteiger partial charge on any atom is 0.325 e. The van der Waals surface area contributed by atoms with E-state index in [2.05, 4.69) is 5.32 Å². The molecule has 2 aliphatic rings. The number of likely N-dealkylation sites (N-methyl/N-ethyl adjacent to an activating group) is 1. The number of carbonyl (C=O) groups is 3. The third-order valence-electron chi connectivity index (χ3n) is 5.23. The number of hydrogen-bond acceptors (Lipinski definition) is 5. The fraction of sp³-hybridized carbons (Fsp3) is 0.500. The van der Waals surface area contributed by atoms with Crippen molar-refractivity contribution in [2.75, 3.05) is 24.6 Å². The number of amides is 4. The summed E-state index contributed by atoms with van der Waals surface area (Å²) >= 11 is 0. The predicted molar refractivity (Wildman–Crippen MR) is 98.5 cm³/mol. The summed E-state index contributed by atoms with van der Waals surface area (Å²) in [6.45, 7) is 3.27. The predicted octanol–water partition coefficient (Wildman–Crippen LogP) is 0.489. The first kappa shape index (κ1) is 19.3. The molecule has 3 rings (SSSR count). The number of benzene rings is 1. The molecule has 0 spiro atoms. The summed E-state index contributed by atoms with van der Waals surface area (Å²) in [5.74, 6) is -0.951. The molecule has 2 fully saturated rings. The molecular formula is C18H23N3O5S. The maximum atomic E-state index is 12.9. The quantitative estimate of drug-likeness (QED) is 0.733. The average Bonchev–Trinajstić information content (AvgIpc) is 3.09. The molecule has 146 valence electrons. The average molecular weight is 393 g/mol. The first-order valence-corrected chi connectivity index (χ1v) is 10.7. The van der Waals surface area contributed by atoms with Gasteiger partial charge < -0.3 is 10.2 Å². The van der Waals surface area contributed by atoms with Gasteiger partial charge in [0.2, 0.25) is 5.91 Å². The van der Waals surface area contributed by atoms with Crippen molar-refractivity contribution in [3.63, 3.8) is 0 Å². The van der Waals surface area contributed by atoms with Crippen molar-refractivity contribution < 1.29 is 22.8 Å². The Kier molecular flexibility index (Phi) is 4.98. The van der Waals surface area contributed by atoms with E-state index >= 15 is 0 Å². The molecule has 0 saturated carbocycles. The van der Waals surface area contributed by atoms with E-state index in [-0.39, 0.29) is 11.5 Å². The standard InChI is InChI=1S/C18H23N3O5S/c1-3-20(14-9-10-27(25,26)12-14)15(22)11-21-16(23)18(2,19-17(21)24)13-7-5-4-6-8-13/h4-8,14H,3,9-12H2,1-2H3,(H,19,24)/t14-,18+/m0/s1. The highest BCUT2D eigenvalue weighted by Crippen LogP contribution is 2.28. The SMILES string of the molecule is CCN(C(=O)CN1C(=O)N[C@](C)(c2ccccc2)C1=O)[C@H]1CCS(=O)(=O)C1. The summed E-state index contributed by atoms with van der Waals surface area (Å²) in [6.07, 6.45) is 0.379. The van der Waals surface area contributed by atoms with Crippen molar-refractivity contribution >= 4 is 27.7 Å². The van der Waals surface area contributed by atoms with Crippen LogP contribution in [-0.2, 0) is 25.0 Å². The molecule has 0 aliphatic carbocycles. The lowest BCUT2D eigenvalue weighted by atomic mass is 9.92. The number of urea groups is 1. The Morgan fingerprint density at radius 2 is 1.96 bits per heavy atom. The van der Waals surface area contributed by atoms with Gasteiger partial charge in [-0.05, 0) is 25.8 Å². The second kappa shape index (κ2) is 6.95. The van der Waals surface area contributed by atoms with Crippen LogP contribution in [0.5, 0.6) is 0 Å². The van der Waals surface area contributed by atoms with Crippen LogP contribution in [0.3, 0.4) is 0 Å². The highest BCUT2D eigenvalue weighted by atomic mass is 32.2. The van der Waals surface area contributed by atoms with E-state index in [1.165, 1.54) is 4.90 Å². The van der Waals surface area contributed by atoms with Crippen molar-refractivity contribution in [2.24, 2.45) is 0 Å². The molecule has 1 N–H and O–H groups in total. The molecule has 9 heteroatoms. The van der Waals surface area contributed by atoms with Gasteiger partial charge in [-0.3, -0.25) is 14.5 Å².